The van der Waals surface area contributed by atoms with Gasteiger partial charge in [-0.3, -0.25) is 4.98 Å². The topological polar surface area (TPSA) is 66.0 Å². The van der Waals surface area contributed by atoms with Crippen molar-refractivity contribution >= 4 is 11.0 Å². The molecule has 0 unspecified atom stereocenters. The number of ether oxygens (including phenoxy) is 1. The van der Waals surface area contributed by atoms with Crippen molar-refractivity contribution in [2.45, 2.75) is 13.8 Å². The third-order valence-electron chi connectivity index (χ3n) is 4.41. The maximum absolute atomic E-state index is 5.29. The quantitative estimate of drug-likeness (QED) is 0.568. The SMILES string of the molecule is COc1ccc2c(c1)nc(-c1cncc(-c3c(C)noc3C)c1)n2C. The van der Waals surface area contributed by atoms with E-state index in [1.54, 1.807) is 7.11 Å². The number of methoxy groups -OCH3 is 1. The second-order valence-corrected chi connectivity index (χ2v) is 6.01. The van der Waals surface area contributed by atoms with Crippen LogP contribution in [-0.4, -0.2) is 26.8 Å². The molecule has 0 atom stereocenters. The van der Waals surface area contributed by atoms with Crippen molar-refractivity contribution in [1.82, 2.24) is 19.7 Å². The lowest BCUT2D eigenvalue weighted by Crippen LogP contribution is -1.94. The Morgan fingerprint density at radius 3 is 2.60 bits per heavy atom. The average molecular weight is 334 g/mol. The van der Waals surface area contributed by atoms with Crippen molar-refractivity contribution in [1.29, 1.82) is 0 Å². The van der Waals surface area contributed by atoms with Crippen molar-refractivity contribution in [2.75, 3.05) is 7.11 Å². The number of hydrogen-bond donors (Lipinski definition) is 0. The largest absolute Gasteiger partial charge is 0.497 e. The Labute approximate surface area is 145 Å². The molecule has 25 heavy (non-hydrogen) atoms. The molecule has 0 aliphatic carbocycles. The Balaban J connectivity index is 1.87. The van der Waals surface area contributed by atoms with Gasteiger partial charge in [0.05, 0.1) is 23.8 Å². The summed E-state index contributed by atoms with van der Waals surface area (Å²) in [5, 5.41) is 4.03. The van der Waals surface area contributed by atoms with Gasteiger partial charge in [-0.1, -0.05) is 5.16 Å². The first-order chi connectivity index (χ1) is 12.1. The highest BCUT2D eigenvalue weighted by Crippen LogP contribution is 2.31. The van der Waals surface area contributed by atoms with Gasteiger partial charge in [-0.15, -0.1) is 0 Å². The highest BCUT2D eigenvalue weighted by molar-refractivity contribution is 5.82. The van der Waals surface area contributed by atoms with E-state index in [1.165, 1.54) is 0 Å². The Hall–Kier alpha value is -3.15. The van der Waals surface area contributed by atoms with E-state index >= 15 is 0 Å². The highest BCUT2D eigenvalue weighted by atomic mass is 16.5. The molecule has 4 rings (SSSR count). The van der Waals surface area contributed by atoms with Crippen LogP contribution in [0.4, 0.5) is 0 Å². The lowest BCUT2D eigenvalue weighted by Gasteiger charge is -2.05. The first-order valence-electron chi connectivity index (χ1n) is 7.97. The lowest BCUT2D eigenvalue weighted by atomic mass is 10.0. The van der Waals surface area contributed by atoms with Gasteiger partial charge in [0.1, 0.15) is 17.3 Å². The number of nitrogens with zero attached hydrogens (tertiary/aromatic N) is 4. The van der Waals surface area contributed by atoms with Crippen LogP contribution in [0.25, 0.3) is 33.5 Å². The second-order valence-electron chi connectivity index (χ2n) is 6.01. The molecule has 0 saturated carbocycles. The average Bonchev–Trinajstić information content (AvgIpc) is 3.14. The number of pyridine rings is 1. The van der Waals surface area contributed by atoms with Crippen LogP contribution in [0.5, 0.6) is 5.75 Å². The molecule has 0 saturated heterocycles. The van der Waals surface area contributed by atoms with E-state index in [2.05, 4.69) is 20.8 Å². The molecule has 3 aromatic heterocycles. The van der Waals surface area contributed by atoms with Crippen molar-refractivity contribution < 1.29 is 9.26 Å². The smallest absolute Gasteiger partial charge is 0.142 e. The van der Waals surface area contributed by atoms with Crippen molar-refractivity contribution in [3.8, 4) is 28.3 Å². The molecule has 6 heteroatoms. The normalized spacial score (nSPS) is 11.2. The van der Waals surface area contributed by atoms with E-state index in [4.69, 9.17) is 14.2 Å². The minimum Gasteiger partial charge on any atom is -0.497 e. The minimum absolute atomic E-state index is 0.784. The third-order valence-corrected chi connectivity index (χ3v) is 4.41. The van der Waals surface area contributed by atoms with Gasteiger partial charge in [0.25, 0.3) is 0 Å². The van der Waals surface area contributed by atoms with Crippen LogP contribution in [0.2, 0.25) is 0 Å². The zero-order valence-electron chi connectivity index (χ0n) is 14.6. The van der Waals surface area contributed by atoms with Crippen LogP contribution in [-0.2, 0) is 7.05 Å². The molecule has 3 heterocycles. The van der Waals surface area contributed by atoms with Crippen LogP contribution in [0, 0.1) is 13.8 Å². The van der Waals surface area contributed by atoms with Gasteiger partial charge in [0.15, 0.2) is 0 Å². The van der Waals surface area contributed by atoms with E-state index in [0.717, 1.165) is 50.8 Å². The number of fused-ring (bicyclic) bond motifs is 1. The molecule has 126 valence electrons. The molecule has 0 fully saturated rings. The Morgan fingerprint density at radius 2 is 1.88 bits per heavy atom. The van der Waals surface area contributed by atoms with E-state index in [9.17, 15) is 0 Å². The number of rotatable bonds is 3. The summed E-state index contributed by atoms with van der Waals surface area (Å²) in [5.41, 5.74) is 5.67. The molecule has 0 bridgehead atoms. The molecule has 0 amide bonds. The summed E-state index contributed by atoms with van der Waals surface area (Å²) in [6, 6.07) is 7.95. The molecule has 6 nitrogen and oxygen atoms in total. The van der Waals surface area contributed by atoms with E-state index < -0.39 is 0 Å². The predicted molar refractivity (Wildman–Crippen MR) is 95.5 cm³/mol. The number of imidazole rings is 1. The van der Waals surface area contributed by atoms with E-state index in [-0.39, 0.29) is 0 Å². The highest BCUT2D eigenvalue weighted by Gasteiger charge is 2.15. The fourth-order valence-electron chi connectivity index (χ4n) is 3.16. The monoisotopic (exact) mass is 334 g/mol. The number of aromatic nitrogens is 4. The predicted octanol–water partition coefficient (Wildman–Crippen LogP) is 3.92. The Morgan fingerprint density at radius 1 is 1.08 bits per heavy atom. The van der Waals surface area contributed by atoms with Gasteiger partial charge >= 0.3 is 0 Å². The lowest BCUT2D eigenvalue weighted by molar-refractivity contribution is 0.393. The van der Waals surface area contributed by atoms with Crippen LogP contribution in [0.1, 0.15) is 11.5 Å². The maximum atomic E-state index is 5.29. The minimum atomic E-state index is 0.784. The van der Waals surface area contributed by atoms with Gasteiger partial charge in [0, 0.05) is 42.2 Å². The Kier molecular flexibility index (Phi) is 3.53. The molecule has 0 radical (unpaired) electrons. The van der Waals surface area contributed by atoms with Gasteiger partial charge in [0.2, 0.25) is 0 Å². The second kappa shape index (κ2) is 5.73. The summed E-state index contributed by atoms with van der Waals surface area (Å²) in [5.74, 6) is 2.43. The molecular formula is C19H18N4O2. The first-order valence-corrected chi connectivity index (χ1v) is 7.97. The van der Waals surface area contributed by atoms with Crippen molar-refractivity contribution in [3.63, 3.8) is 0 Å². The fourth-order valence-corrected chi connectivity index (χ4v) is 3.16. The van der Waals surface area contributed by atoms with Gasteiger partial charge < -0.3 is 13.8 Å². The van der Waals surface area contributed by atoms with Gasteiger partial charge in [-0.2, -0.15) is 0 Å². The van der Waals surface area contributed by atoms with Crippen molar-refractivity contribution in [2.24, 2.45) is 7.05 Å². The maximum Gasteiger partial charge on any atom is 0.142 e. The zero-order valence-corrected chi connectivity index (χ0v) is 14.6. The molecule has 0 aliphatic rings. The van der Waals surface area contributed by atoms with Crippen molar-refractivity contribution in [3.05, 3.63) is 48.1 Å². The molecule has 0 N–H and O–H groups in total. The standard InChI is InChI=1S/C19H18N4O2/c1-11-18(12(2)25-22-11)13-7-14(10-20-9-13)19-21-16-8-15(24-4)5-6-17(16)23(19)3/h5-10H,1-4H3. The molecule has 4 aromatic rings. The molecular weight excluding hydrogens is 316 g/mol. The fraction of sp³-hybridized carbons (Fsp3) is 0.211. The summed E-state index contributed by atoms with van der Waals surface area (Å²) in [6.45, 7) is 3.84. The van der Waals surface area contributed by atoms with Crippen LogP contribution >= 0.6 is 0 Å². The van der Waals surface area contributed by atoms with Crippen LogP contribution in [0.3, 0.4) is 0 Å². The summed E-state index contributed by atoms with van der Waals surface area (Å²) in [7, 11) is 3.65. The van der Waals surface area contributed by atoms with Gasteiger partial charge in [-0.25, -0.2) is 4.98 Å². The molecule has 0 aliphatic heterocycles. The summed E-state index contributed by atoms with van der Waals surface area (Å²) in [4.78, 5) is 9.16. The van der Waals surface area contributed by atoms with Crippen LogP contribution in [0.15, 0.2) is 41.2 Å². The number of benzene rings is 1. The van der Waals surface area contributed by atoms with E-state index in [0.29, 0.717) is 0 Å². The third kappa shape index (κ3) is 2.46. The number of hydrogen-bond acceptors (Lipinski definition) is 5. The number of aryl methyl sites for hydroxylation is 3. The Bertz CT molecular complexity index is 1060. The van der Waals surface area contributed by atoms with Crippen LogP contribution < -0.4 is 4.74 Å². The zero-order chi connectivity index (χ0) is 17.6. The van der Waals surface area contributed by atoms with E-state index in [1.807, 2.05) is 51.5 Å². The summed E-state index contributed by atoms with van der Waals surface area (Å²) >= 11 is 0. The molecule has 0 spiro atoms. The first kappa shape index (κ1) is 15.4. The van der Waals surface area contributed by atoms with Gasteiger partial charge in [-0.05, 0) is 32.0 Å². The summed E-state index contributed by atoms with van der Waals surface area (Å²) < 4.78 is 12.6. The summed E-state index contributed by atoms with van der Waals surface area (Å²) in [6.07, 6.45) is 3.64. The molecule has 1 aromatic carbocycles.